The van der Waals surface area contributed by atoms with Crippen molar-refractivity contribution in [2.45, 2.75) is 11.8 Å². The van der Waals surface area contributed by atoms with Crippen molar-refractivity contribution in [3.8, 4) is 11.8 Å². The van der Waals surface area contributed by atoms with E-state index in [1.54, 1.807) is 61.9 Å². The van der Waals surface area contributed by atoms with E-state index in [0.29, 0.717) is 27.8 Å². The monoisotopic (exact) mass is 429 g/mol. The SMILES string of the molecule is CCS(=O)(=O)c1ccc(Nc2cc3c(C#Cc4cccnc4N)nccc3cn2)cc1. The zero-order chi connectivity index (χ0) is 21.8. The Morgan fingerprint density at radius 3 is 2.55 bits per heavy atom. The Morgan fingerprint density at radius 2 is 1.81 bits per heavy atom. The summed E-state index contributed by atoms with van der Waals surface area (Å²) in [5.41, 5.74) is 7.81. The van der Waals surface area contributed by atoms with E-state index in [4.69, 9.17) is 5.73 Å². The molecule has 0 aliphatic carbocycles. The molecule has 4 rings (SSSR count). The molecule has 0 spiro atoms. The normalized spacial score (nSPS) is 11.0. The molecule has 1 aromatic carbocycles. The third kappa shape index (κ3) is 4.47. The Bertz CT molecular complexity index is 1420. The van der Waals surface area contributed by atoms with Crippen LogP contribution in [0.4, 0.5) is 17.3 Å². The molecule has 8 heteroatoms. The minimum Gasteiger partial charge on any atom is -0.383 e. The molecular weight excluding hydrogens is 410 g/mol. The lowest BCUT2D eigenvalue weighted by molar-refractivity contribution is 0.597. The summed E-state index contributed by atoms with van der Waals surface area (Å²) in [6.45, 7) is 1.62. The van der Waals surface area contributed by atoms with Crippen molar-refractivity contribution >= 4 is 37.9 Å². The van der Waals surface area contributed by atoms with Gasteiger partial charge >= 0.3 is 0 Å². The van der Waals surface area contributed by atoms with Crippen LogP contribution >= 0.6 is 0 Å². The highest BCUT2D eigenvalue weighted by atomic mass is 32.2. The molecule has 7 nitrogen and oxygen atoms in total. The van der Waals surface area contributed by atoms with Gasteiger partial charge in [0.2, 0.25) is 0 Å². The first kappa shape index (κ1) is 20.3. The van der Waals surface area contributed by atoms with Crippen LogP contribution in [0.2, 0.25) is 0 Å². The zero-order valence-electron chi connectivity index (χ0n) is 16.7. The fourth-order valence-corrected chi connectivity index (χ4v) is 3.83. The van der Waals surface area contributed by atoms with E-state index in [-0.39, 0.29) is 5.75 Å². The maximum atomic E-state index is 12.0. The van der Waals surface area contributed by atoms with Crippen molar-refractivity contribution in [1.82, 2.24) is 15.0 Å². The van der Waals surface area contributed by atoms with Gasteiger partial charge in [0, 0.05) is 35.1 Å². The van der Waals surface area contributed by atoms with Gasteiger partial charge in [0.15, 0.2) is 9.84 Å². The van der Waals surface area contributed by atoms with E-state index in [0.717, 1.165) is 16.5 Å². The molecule has 3 heterocycles. The standard InChI is InChI=1S/C23H19N5O2S/c1-2-31(29,30)19-8-6-18(7-9-19)28-22-14-20-17(15-27-22)11-13-25-21(20)10-5-16-4-3-12-26-23(16)24/h3-4,6-9,11-15H,2H2,1H3,(H2,24,26)(H,27,28). The number of rotatable bonds is 4. The number of nitrogen functional groups attached to an aromatic ring is 1. The summed E-state index contributed by atoms with van der Waals surface area (Å²) in [7, 11) is -3.23. The maximum Gasteiger partial charge on any atom is 0.178 e. The van der Waals surface area contributed by atoms with Gasteiger partial charge in [-0.1, -0.05) is 12.8 Å². The zero-order valence-corrected chi connectivity index (χ0v) is 17.5. The molecule has 0 radical (unpaired) electrons. The largest absolute Gasteiger partial charge is 0.383 e. The van der Waals surface area contributed by atoms with E-state index in [1.807, 2.05) is 12.1 Å². The van der Waals surface area contributed by atoms with Crippen LogP contribution in [0.1, 0.15) is 18.2 Å². The highest BCUT2D eigenvalue weighted by Gasteiger charge is 2.11. The summed E-state index contributed by atoms with van der Waals surface area (Å²) in [5, 5.41) is 4.92. The van der Waals surface area contributed by atoms with Crippen LogP contribution in [0.25, 0.3) is 10.8 Å². The Morgan fingerprint density at radius 1 is 1.00 bits per heavy atom. The van der Waals surface area contributed by atoms with E-state index in [2.05, 4.69) is 32.1 Å². The second kappa shape index (κ2) is 8.42. The van der Waals surface area contributed by atoms with Gasteiger partial charge in [0.05, 0.1) is 16.2 Å². The van der Waals surface area contributed by atoms with Gasteiger partial charge in [0.25, 0.3) is 0 Å². The molecule has 0 aliphatic heterocycles. The first-order valence-electron chi connectivity index (χ1n) is 9.53. The average Bonchev–Trinajstić information content (AvgIpc) is 2.79. The molecule has 3 aromatic heterocycles. The molecule has 0 fully saturated rings. The van der Waals surface area contributed by atoms with Gasteiger partial charge in [-0.25, -0.2) is 23.4 Å². The second-order valence-corrected chi connectivity index (χ2v) is 8.97. The van der Waals surface area contributed by atoms with Crippen LogP contribution in [0, 0.1) is 11.8 Å². The number of hydrogen-bond donors (Lipinski definition) is 2. The van der Waals surface area contributed by atoms with Crippen LogP contribution in [-0.2, 0) is 9.84 Å². The van der Waals surface area contributed by atoms with Gasteiger partial charge < -0.3 is 11.1 Å². The van der Waals surface area contributed by atoms with E-state index in [1.165, 1.54) is 0 Å². The molecule has 0 saturated heterocycles. The summed E-state index contributed by atoms with van der Waals surface area (Å²) in [6.07, 6.45) is 5.03. The van der Waals surface area contributed by atoms with Crippen molar-refractivity contribution in [2.24, 2.45) is 0 Å². The molecule has 0 bridgehead atoms. The summed E-state index contributed by atoms with van der Waals surface area (Å²) in [4.78, 5) is 13.2. The van der Waals surface area contributed by atoms with Crippen LogP contribution in [0.5, 0.6) is 0 Å². The first-order valence-corrected chi connectivity index (χ1v) is 11.2. The molecule has 154 valence electrons. The molecule has 3 N–H and O–H groups in total. The van der Waals surface area contributed by atoms with Crippen molar-refractivity contribution in [3.63, 3.8) is 0 Å². The van der Waals surface area contributed by atoms with Gasteiger partial charge in [0.1, 0.15) is 17.3 Å². The summed E-state index contributed by atoms with van der Waals surface area (Å²) < 4.78 is 24.0. The maximum absolute atomic E-state index is 12.0. The van der Waals surface area contributed by atoms with Gasteiger partial charge in [-0.05, 0) is 54.5 Å². The quantitative estimate of drug-likeness (QED) is 0.477. The minimum absolute atomic E-state index is 0.0630. The lowest BCUT2D eigenvalue weighted by Crippen LogP contribution is -2.03. The number of aromatic nitrogens is 3. The highest BCUT2D eigenvalue weighted by Crippen LogP contribution is 2.23. The molecule has 4 aromatic rings. The molecule has 0 atom stereocenters. The molecular formula is C23H19N5O2S. The van der Waals surface area contributed by atoms with Gasteiger partial charge in [-0.2, -0.15) is 0 Å². The number of pyridine rings is 3. The number of nitrogens with one attached hydrogen (secondary N) is 1. The van der Waals surface area contributed by atoms with Gasteiger partial charge in [-0.15, -0.1) is 0 Å². The lowest BCUT2D eigenvalue weighted by Gasteiger charge is -2.08. The van der Waals surface area contributed by atoms with Crippen molar-refractivity contribution in [3.05, 3.63) is 78.4 Å². The van der Waals surface area contributed by atoms with Crippen molar-refractivity contribution in [2.75, 3.05) is 16.8 Å². The van der Waals surface area contributed by atoms with E-state index >= 15 is 0 Å². The predicted octanol–water partition coefficient (Wildman–Crippen LogP) is 3.54. The number of nitrogens with zero attached hydrogens (tertiary/aromatic N) is 3. The van der Waals surface area contributed by atoms with E-state index in [9.17, 15) is 8.42 Å². The number of anilines is 3. The average molecular weight is 430 g/mol. The number of nitrogens with two attached hydrogens (primary N) is 1. The van der Waals surface area contributed by atoms with Crippen LogP contribution in [0.3, 0.4) is 0 Å². The Hall–Kier alpha value is -3.96. The molecule has 0 unspecified atom stereocenters. The molecule has 31 heavy (non-hydrogen) atoms. The fourth-order valence-electron chi connectivity index (χ4n) is 2.94. The van der Waals surface area contributed by atoms with E-state index < -0.39 is 9.84 Å². The Balaban J connectivity index is 1.65. The topological polar surface area (TPSA) is 111 Å². The number of fused-ring (bicyclic) bond motifs is 1. The first-order chi connectivity index (χ1) is 15.0. The summed E-state index contributed by atoms with van der Waals surface area (Å²) >= 11 is 0. The Kier molecular flexibility index (Phi) is 5.52. The van der Waals surface area contributed by atoms with Crippen LogP contribution < -0.4 is 11.1 Å². The predicted molar refractivity (Wildman–Crippen MR) is 122 cm³/mol. The molecule has 0 aliphatic rings. The summed E-state index contributed by atoms with van der Waals surface area (Å²) in [5.74, 6) is 7.11. The van der Waals surface area contributed by atoms with Crippen LogP contribution in [-0.4, -0.2) is 29.1 Å². The van der Waals surface area contributed by atoms with Crippen molar-refractivity contribution < 1.29 is 8.42 Å². The highest BCUT2D eigenvalue weighted by molar-refractivity contribution is 7.91. The van der Waals surface area contributed by atoms with Crippen LogP contribution in [0.15, 0.2) is 72.0 Å². The van der Waals surface area contributed by atoms with Gasteiger partial charge in [-0.3, -0.25) is 0 Å². The smallest absolute Gasteiger partial charge is 0.178 e. The third-order valence-electron chi connectivity index (χ3n) is 4.67. The molecule has 0 saturated carbocycles. The lowest BCUT2D eigenvalue weighted by atomic mass is 10.1. The van der Waals surface area contributed by atoms with Crippen molar-refractivity contribution in [1.29, 1.82) is 0 Å². The third-order valence-corrected chi connectivity index (χ3v) is 6.42. The number of hydrogen-bond acceptors (Lipinski definition) is 7. The number of sulfone groups is 1. The second-order valence-electron chi connectivity index (χ2n) is 6.69. The summed E-state index contributed by atoms with van der Waals surface area (Å²) in [6, 6.07) is 13.9. The number of benzene rings is 1. The molecule has 0 amide bonds. The minimum atomic E-state index is -3.23. The fraction of sp³-hybridized carbons (Fsp3) is 0.0870. The Labute approximate surface area is 180 Å².